The Hall–Kier alpha value is -1.03. The van der Waals surface area contributed by atoms with E-state index >= 15 is 0 Å². The lowest BCUT2D eigenvalue weighted by Crippen LogP contribution is -2.06. The molecule has 0 N–H and O–H groups in total. The van der Waals surface area contributed by atoms with Crippen LogP contribution in [0.3, 0.4) is 0 Å². The molecule has 2 rings (SSSR count). The van der Waals surface area contributed by atoms with Gasteiger partial charge in [-0.25, -0.2) is 0 Å². The first-order chi connectivity index (χ1) is 9.54. The van der Waals surface area contributed by atoms with Crippen LogP contribution in [0.4, 0.5) is 0 Å². The van der Waals surface area contributed by atoms with Crippen LogP contribution in [-0.2, 0) is 0 Å². The number of ether oxygens (including phenoxy) is 1. The van der Waals surface area contributed by atoms with Gasteiger partial charge in [-0.1, -0.05) is 45.2 Å². The molecule has 2 aromatic rings. The topological polar surface area (TPSA) is 26.3 Å². The fraction of sp³-hybridized carbons (Fsp3) is 0.133. The summed E-state index contributed by atoms with van der Waals surface area (Å²) in [5.41, 5.74) is 0.809. The summed E-state index contributed by atoms with van der Waals surface area (Å²) in [5.74, 6) is 0.305. The van der Waals surface area contributed by atoms with E-state index in [9.17, 15) is 4.79 Å². The van der Waals surface area contributed by atoms with Gasteiger partial charge >= 0.3 is 0 Å². The number of hydrogen-bond acceptors (Lipinski definition) is 2. The third-order valence-corrected chi connectivity index (χ3v) is 3.99. The van der Waals surface area contributed by atoms with Crippen molar-refractivity contribution in [2.75, 3.05) is 6.61 Å². The molecular weight excluding hydrogens is 363 g/mol. The summed E-state index contributed by atoms with van der Waals surface area (Å²) in [6, 6.07) is 10.3. The van der Waals surface area contributed by atoms with Crippen LogP contribution in [0, 0.1) is 0 Å². The van der Waals surface area contributed by atoms with Crippen molar-refractivity contribution in [3.05, 3.63) is 62.0 Å². The van der Waals surface area contributed by atoms with Crippen LogP contribution in [0.5, 0.6) is 5.75 Å². The van der Waals surface area contributed by atoms with Crippen molar-refractivity contribution >= 4 is 44.9 Å². The van der Waals surface area contributed by atoms with Crippen molar-refractivity contribution in [2.24, 2.45) is 0 Å². The van der Waals surface area contributed by atoms with Crippen molar-refractivity contribution in [1.29, 1.82) is 0 Å². The molecule has 0 radical (unpaired) electrons. The molecular formula is C15H11BrCl2O2. The molecule has 0 aromatic heterocycles. The van der Waals surface area contributed by atoms with E-state index in [-0.39, 0.29) is 10.8 Å². The fourth-order valence-corrected chi connectivity index (χ4v) is 2.53. The molecule has 0 aliphatic heterocycles. The summed E-state index contributed by atoms with van der Waals surface area (Å²) in [7, 11) is 0. The molecule has 0 saturated heterocycles. The average Bonchev–Trinajstić information content (AvgIpc) is 2.43. The van der Waals surface area contributed by atoms with E-state index in [0.717, 1.165) is 4.47 Å². The second kappa shape index (κ2) is 6.61. The van der Waals surface area contributed by atoms with E-state index in [0.29, 0.717) is 28.5 Å². The molecule has 0 fully saturated rings. The highest BCUT2D eigenvalue weighted by atomic mass is 79.9. The van der Waals surface area contributed by atoms with Gasteiger partial charge in [0.15, 0.2) is 5.78 Å². The smallest absolute Gasteiger partial charge is 0.198 e. The highest BCUT2D eigenvalue weighted by Gasteiger charge is 2.19. The zero-order valence-electron chi connectivity index (χ0n) is 10.6. The molecule has 0 unspecified atom stereocenters. The van der Waals surface area contributed by atoms with E-state index in [4.69, 9.17) is 27.9 Å². The third kappa shape index (κ3) is 3.17. The lowest BCUT2D eigenvalue weighted by atomic mass is 10.0. The van der Waals surface area contributed by atoms with Crippen molar-refractivity contribution < 1.29 is 9.53 Å². The minimum absolute atomic E-state index is 0.220. The minimum atomic E-state index is -0.220. The van der Waals surface area contributed by atoms with Crippen LogP contribution in [0.25, 0.3) is 0 Å². The second-order valence-corrected chi connectivity index (χ2v) is 5.70. The Morgan fingerprint density at radius 3 is 2.65 bits per heavy atom. The number of hydrogen-bond donors (Lipinski definition) is 0. The summed E-state index contributed by atoms with van der Waals surface area (Å²) in [5, 5.41) is 0.604. The van der Waals surface area contributed by atoms with Gasteiger partial charge in [-0.2, -0.15) is 0 Å². The standard InChI is InChI=1S/C15H11BrCl2O2/c1-2-20-13-7-6-9(16)8-11(13)15(19)10-4-3-5-12(17)14(10)18/h3-8H,2H2,1H3. The average molecular weight is 374 g/mol. The Labute approximate surface area is 135 Å². The SMILES string of the molecule is CCOc1ccc(Br)cc1C(=O)c1cccc(Cl)c1Cl. The predicted octanol–water partition coefficient (Wildman–Crippen LogP) is 5.39. The molecule has 0 bridgehead atoms. The number of carbonyl (C=O) groups is 1. The molecule has 0 saturated carbocycles. The Kier molecular flexibility index (Phi) is 5.08. The first kappa shape index (κ1) is 15.4. The van der Waals surface area contributed by atoms with Crippen LogP contribution in [-0.4, -0.2) is 12.4 Å². The molecule has 0 amide bonds. The van der Waals surface area contributed by atoms with Crippen molar-refractivity contribution in [3.8, 4) is 5.75 Å². The van der Waals surface area contributed by atoms with Crippen LogP contribution < -0.4 is 4.74 Å². The highest BCUT2D eigenvalue weighted by Crippen LogP contribution is 2.31. The van der Waals surface area contributed by atoms with E-state index in [1.54, 1.807) is 30.3 Å². The largest absolute Gasteiger partial charge is 0.493 e. The van der Waals surface area contributed by atoms with Gasteiger partial charge in [0.2, 0.25) is 0 Å². The zero-order chi connectivity index (χ0) is 14.7. The molecule has 20 heavy (non-hydrogen) atoms. The fourth-order valence-electron chi connectivity index (χ4n) is 1.79. The summed E-state index contributed by atoms with van der Waals surface area (Å²) >= 11 is 15.4. The zero-order valence-corrected chi connectivity index (χ0v) is 13.7. The Balaban J connectivity index is 2.52. The van der Waals surface area contributed by atoms with E-state index in [1.165, 1.54) is 0 Å². The molecule has 0 aliphatic rings. The van der Waals surface area contributed by atoms with E-state index in [2.05, 4.69) is 15.9 Å². The quantitative estimate of drug-likeness (QED) is 0.672. The summed E-state index contributed by atoms with van der Waals surface area (Å²) in [6.07, 6.45) is 0. The van der Waals surface area contributed by atoms with Gasteiger partial charge < -0.3 is 4.74 Å². The molecule has 2 nitrogen and oxygen atoms in total. The van der Waals surface area contributed by atoms with Crippen molar-refractivity contribution in [3.63, 3.8) is 0 Å². The molecule has 5 heteroatoms. The maximum atomic E-state index is 12.6. The third-order valence-electron chi connectivity index (χ3n) is 2.68. The molecule has 0 spiro atoms. The summed E-state index contributed by atoms with van der Waals surface area (Å²) < 4.78 is 6.28. The number of benzene rings is 2. The van der Waals surface area contributed by atoms with Gasteiger partial charge in [-0.05, 0) is 37.3 Å². The van der Waals surface area contributed by atoms with Gasteiger partial charge in [0.05, 0.1) is 22.2 Å². The van der Waals surface area contributed by atoms with Crippen molar-refractivity contribution in [1.82, 2.24) is 0 Å². The number of halogens is 3. The van der Waals surface area contributed by atoms with E-state index in [1.807, 2.05) is 13.0 Å². The van der Waals surface area contributed by atoms with Crippen LogP contribution in [0.15, 0.2) is 40.9 Å². The molecule has 2 aromatic carbocycles. The van der Waals surface area contributed by atoms with Crippen LogP contribution in [0.1, 0.15) is 22.8 Å². The number of carbonyl (C=O) groups excluding carboxylic acids is 1. The molecule has 0 aliphatic carbocycles. The molecule has 104 valence electrons. The number of ketones is 1. The maximum absolute atomic E-state index is 12.6. The van der Waals surface area contributed by atoms with Gasteiger partial charge in [0, 0.05) is 10.0 Å². The Bertz CT molecular complexity index is 656. The summed E-state index contributed by atoms with van der Waals surface area (Å²) in [6.45, 7) is 2.34. The van der Waals surface area contributed by atoms with Gasteiger partial charge in [0.25, 0.3) is 0 Å². The highest BCUT2D eigenvalue weighted by molar-refractivity contribution is 9.10. The lowest BCUT2D eigenvalue weighted by Gasteiger charge is -2.11. The van der Waals surface area contributed by atoms with Gasteiger partial charge in [-0.3, -0.25) is 4.79 Å². The molecule has 0 atom stereocenters. The maximum Gasteiger partial charge on any atom is 0.198 e. The van der Waals surface area contributed by atoms with Crippen molar-refractivity contribution in [2.45, 2.75) is 6.92 Å². The minimum Gasteiger partial charge on any atom is -0.493 e. The lowest BCUT2D eigenvalue weighted by molar-refractivity contribution is 0.103. The molecule has 0 heterocycles. The number of rotatable bonds is 4. The van der Waals surface area contributed by atoms with Gasteiger partial charge in [-0.15, -0.1) is 0 Å². The normalized spacial score (nSPS) is 10.4. The van der Waals surface area contributed by atoms with E-state index < -0.39 is 0 Å². The van der Waals surface area contributed by atoms with Gasteiger partial charge in [0.1, 0.15) is 5.75 Å². The second-order valence-electron chi connectivity index (χ2n) is 4.00. The monoisotopic (exact) mass is 372 g/mol. The van der Waals surface area contributed by atoms with Crippen LogP contribution in [0.2, 0.25) is 10.0 Å². The first-order valence-electron chi connectivity index (χ1n) is 5.95. The Morgan fingerprint density at radius 1 is 1.20 bits per heavy atom. The first-order valence-corrected chi connectivity index (χ1v) is 7.50. The Morgan fingerprint density at radius 2 is 1.95 bits per heavy atom. The predicted molar refractivity (Wildman–Crippen MR) is 85.2 cm³/mol. The van der Waals surface area contributed by atoms with Crippen LogP contribution >= 0.6 is 39.1 Å². The summed E-state index contributed by atoms with van der Waals surface area (Å²) in [4.78, 5) is 12.6.